The molecule has 0 amide bonds. The Morgan fingerprint density at radius 1 is 1.39 bits per heavy atom. The quantitative estimate of drug-likeness (QED) is 0.547. The molecule has 1 aliphatic heterocycles. The second-order valence-electron chi connectivity index (χ2n) is 4.42. The maximum atomic E-state index is 5.40. The molecule has 0 aliphatic carbocycles. The molecule has 0 aromatic carbocycles. The number of morpholine rings is 1. The SMILES string of the molecule is CC1COCCN1c1nc(NN)nc(N(C)C)n1. The van der Waals surface area contributed by atoms with E-state index in [4.69, 9.17) is 10.6 Å². The number of hydrogen-bond acceptors (Lipinski definition) is 8. The number of nitrogens with zero attached hydrogens (tertiary/aromatic N) is 5. The van der Waals surface area contributed by atoms with Gasteiger partial charge in [0, 0.05) is 20.6 Å². The van der Waals surface area contributed by atoms with Crippen LogP contribution in [0.2, 0.25) is 0 Å². The molecule has 0 spiro atoms. The van der Waals surface area contributed by atoms with Crippen molar-refractivity contribution in [1.29, 1.82) is 0 Å². The van der Waals surface area contributed by atoms with Crippen LogP contribution in [0.5, 0.6) is 0 Å². The summed E-state index contributed by atoms with van der Waals surface area (Å²) in [5.41, 5.74) is 2.47. The van der Waals surface area contributed by atoms with Crippen molar-refractivity contribution in [2.45, 2.75) is 13.0 Å². The molecule has 2 heterocycles. The molecule has 8 heteroatoms. The lowest BCUT2D eigenvalue weighted by atomic mass is 10.3. The number of nitrogens with one attached hydrogen (secondary N) is 1. The van der Waals surface area contributed by atoms with Crippen molar-refractivity contribution >= 4 is 17.8 Å². The summed E-state index contributed by atoms with van der Waals surface area (Å²) in [6.45, 7) is 4.20. The molecule has 0 bridgehead atoms. The van der Waals surface area contributed by atoms with Gasteiger partial charge in [-0.3, -0.25) is 5.43 Å². The fourth-order valence-electron chi connectivity index (χ4n) is 1.77. The number of ether oxygens (including phenoxy) is 1. The maximum Gasteiger partial charge on any atom is 0.243 e. The third-order valence-corrected chi connectivity index (χ3v) is 2.77. The number of rotatable bonds is 3. The molecule has 1 atom stereocenters. The van der Waals surface area contributed by atoms with Crippen LogP contribution >= 0.6 is 0 Å². The van der Waals surface area contributed by atoms with Crippen molar-refractivity contribution < 1.29 is 4.74 Å². The van der Waals surface area contributed by atoms with Crippen LogP contribution in [0.25, 0.3) is 0 Å². The molecule has 8 nitrogen and oxygen atoms in total. The van der Waals surface area contributed by atoms with Gasteiger partial charge in [-0.15, -0.1) is 0 Å². The van der Waals surface area contributed by atoms with Crippen molar-refractivity contribution in [3.05, 3.63) is 0 Å². The predicted molar refractivity (Wildman–Crippen MR) is 69.6 cm³/mol. The van der Waals surface area contributed by atoms with Crippen LogP contribution in [0.3, 0.4) is 0 Å². The second-order valence-corrected chi connectivity index (χ2v) is 4.42. The lowest BCUT2D eigenvalue weighted by Crippen LogP contribution is -2.44. The molecular weight excluding hydrogens is 234 g/mol. The third-order valence-electron chi connectivity index (χ3n) is 2.77. The highest BCUT2D eigenvalue weighted by atomic mass is 16.5. The number of aromatic nitrogens is 3. The van der Waals surface area contributed by atoms with Gasteiger partial charge in [0.05, 0.1) is 19.3 Å². The minimum absolute atomic E-state index is 0.238. The zero-order chi connectivity index (χ0) is 13.1. The normalized spacial score (nSPS) is 19.8. The lowest BCUT2D eigenvalue weighted by Gasteiger charge is -2.33. The zero-order valence-corrected chi connectivity index (χ0v) is 10.9. The Hall–Kier alpha value is -1.67. The van der Waals surface area contributed by atoms with Crippen LogP contribution in [0.15, 0.2) is 0 Å². The summed E-state index contributed by atoms with van der Waals surface area (Å²) in [6, 6.07) is 0.238. The summed E-state index contributed by atoms with van der Waals surface area (Å²) < 4.78 is 5.40. The first kappa shape index (κ1) is 12.8. The molecule has 0 radical (unpaired) electrons. The smallest absolute Gasteiger partial charge is 0.243 e. The average molecular weight is 253 g/mol. The van der Waals surface area contributed by atoms with Crippen LogP contribution in [0, 0.1) is 0 Å². The van der Waals surface area contributed by atoms with E-state index in [9.17, 15) is 0 Å². The minimum Gasteiger partial charge on any atom is -0.377 e. The number of nitrogen functional groups attached to an aromatic ring is 1. The van der Waals surface area contributed by atoms with Gasteiger partial charge in [-0.05, 0) is 6.92 Å². The van der Waals surface area contributed by atoms with E-state index in [-0.39, 0.29) is 6.04 Å². The summed E-state index contributed by atoms with van der Waals surface area (Å²) in [5.74, 6) is 6.95. The standard InChI is InChI=1S/C10H19N7O/c1-7-6-18-5-4-17(7)10-13-8(15-11)12-9(14-10)16(2)3/h7H,4-6,11H2,1-3H3,(H,12,13,14,15). The monoisotopic (exact) mass is 253 g/mol. The molecule has 0 saturated carbocycles. The average Bonchev–Trinajstić information content (AvgIpc) is 2.38. The molecule has 2 rings (SSSR count). The van der Waals surface area contributed by atoms with Gasteiger partial charge < -0.3 is 14.5 Å². The number of anilines is 3. The lowest BCUT2D eigenvalue weighted by molar-refractivity contribution is 0.0981. The Bertz CT molecular complexity index is 411. The molecule has 1 aromatic heterocycles. The molecule has 3 N–H and O–H groups in total. The van der Waals surface area contributed by atoms with Gasteiger partial charge in [-0.1, -0.05) is 0 Å². The van der Waals surface area contributed by atoms with E-state index < -0.39 is 0 Å². The van der Waals surface area contributed by atoms with Crippen LogP contribution in [-0.2, 0) is 4.74 Å². The number of nitrogens with two attached hydrogens (primary N) is 1. The van der Waals surface area contributed by atoms with E-state index in [1.807, 2.05) is 19.0 Å². The van der Waals surface area contributed by atoms with Gasteiger partial charge in [0.2, 0.25) is 17.8 Å². The summed E-state index contributed by atoms with van der Waals surface area (Å²) in [7, 11) is 3.75. The summed E-state index contributed by atoms with van der Waals surface area (Å²) in [6.07, 6.45) is 0. The first-order valence-corrected chi connectivity index (χ1v) is 5.86. The fraction of sp³-hybridized carbons (Fsp3) is 0.700. The van der Waals surface area contributed by atoms with E-state index >= 15 is 0 Å². The Morgan fingerprint density at radius 2 is 2.17 bits per heavy atom. The molecule has 100 valence electrons. The number of hydrogen-bond donors (Lipinski definition) is 2. The molecule has 1 fully saturated rings. The van der Waals surface area contributed by atoms with E-state index in [0.29, 0.717) is 31.1 Å². The van der Waals surface area contributed by atoms with Crippen molar-refractivity contribution in [2.24, 2.45) is 5.84 Å². The Morgan fingerprint density at radius 3 is 2.78 bits per heavy atom. The van der Waals surface area contributed by atoms with E-state index in [2.05, 4.69) is 32.2 Å². The van der Waals surface area contributed by atoms with Crippen molar-refractivity contribution in [1.82, 2.24) is 15.0 Å². The van der Waals surface area contributed by atoms with Crippen molar-refractivity contribution in [2.75, 3.05) is 49.1 Å². The molecule has 1 unspecified atom stereocenters. The number of hydrazine groups is 1. The van der Waals surface area contributed by atoms with E-state index in [1.165, 1.54) is 0 Å². The predicted octanol–water partition coefficient (Wildman–Crippen LogP) is -0.552. The highest BCUT2D eigenvalue weighted by Gasteiger charge is 2.22. The Kier molecular flexibility index (Phi) is 3.78. The second kappa shape index (κ2) is 5.32. The van der Waals surface area contributed by atoms with Gasteiger partial charge >= 0.3 is 0 Å². The van der Waals surface area contributed by atoms with Crippen molar-refractivity contribution in [3.63, 3.8) is 0 Å². The summed E-state index contributed by atoms with van der Waals surface area (Å²) in [4.78, 5) is 16.8. The molecule has 18 heavy (non-hydrogen) atoms. The summed E-state index contributed by atoms with van der Waals surface area (Å²) in [5, 5.41) is 0. The van der Waals surface area contributed by atoms with Crippen LogP contribution in [0.4, 0.5) is 17.8 Å². The van der Waals surface area contributed by atoms with Gasteiger partial charge in [0.25, 0.3) is 0 Å². The molecule has 1 aliphatic rings. The van der Waals surface area contributed by atoms with Crippen molar-refractivity contribution in [3.8, 4) is 0 Å². The maximum absolute atomic E-state index is 5.40. The highest BCUT2D eigenvalue weighted by Crippen LogP contribution is 2.18. The van der Waals surface area contributed by atoms with Crippen LogP contribution in [-0.4, -0.2) is 54.8 Å². The van der Waals surface area contributed by atoms with E-state index in [0.717, 1.165) is 6.54 Å². The molecule has 1 saturated heterocycles. The highest BCUT2D eigenvalue weighted by molar-refractivity contribution is 5.44. The van der Waals surface area contributed by atoms with Crippen LogP contribution < -0.4 is 21.1 Å². The van der Waals surface area contributed by atoms with Gasteiger partial charge in [0.1, 0.15) is 0 Å². The van der Waals surface area contributed by atoms with E-state index in [1.54, 1.807) is 0 Å². The minimum atomic E-state index is 0.238. The summed E-state index contributed by atoms with van der Waals surface area (Å²) >= 11 is 0. The van der Waals surface area contributed by atoms with Gasteiger partial charge in [-0.25, -0.2) is 5.84 Å². The molecular formula is C10H19N7O. The fourth-order valence-corrected chi connectivity index (χ4v) is 1.77. The third kappa shape index (κ3) is 2.59. The van der Waals surface area contributed by atoms with Gasteiger partial charge in [0.15, 0.2) is 0 Å². The Balaban J connectivity index is 2.33. The molecule has 1 aromatic rings. The first-order valence-electron chi connectivity index (χ1n) is 5.86. The largest absolute Gasteiger partial charge is 0.377 e. The first-order chi connectivity index (χ1) is 8.61. The zero-order valence-electron chi connectivity index (χ0n) is 10.9. The Labute approximate surface area is 106 Å². The topological polar surface area (TPSA) is 92.4 Å². The van der Waals surface area contributed by atoms with Gasteiger partial charge in [-0.2, -0.15) is 15.0 Å². The van der Waals surface area contributed by atoms with Crippen LogP contribution in [0.1, 0.15) is 6.92 Å².